The first kappa shape index (κ1) is 17.4. The van der Waals surface area contributed by atoms with E-state index in [9.17, 15) is 4.79 Å². The first-order chi connectivity index (χ1) is 9.25. The lowest BCUT2D eigenvalue weighted by molar-refractivity contribution is -0.133. The summed E-state index contributed by atoms with van der Waals surface area (Å²) in [5.74, 6) is 1.06. The van der Waals surface area contributed by atoms with Gasteiger partial charge in [0.2, 0.25) is 5.91 Å². The van der Waals surface area contributed by atoms with Gasteiger partial charge in [0.05, 0.1) is 6.54 Å². The van der Waals surface area contributed by atoms with Crippen LogP contribution in [0.3, 0.4) is 0 Å². The molecular formula is C16H33N3O. The van der Waals surface area contributed by atoms with E-state index in [-0.39, 0.29) is 11.3 Å². The number of nitrogens with two attached hydrogens (primary N) is 1. The molecule has 1 aliphatic carbocycles. The lowest BCUT2D eigenvalue weighted by atomic mass is 9.87. The fourth-order valence-electron chi connectivity index (χ4n) is 3.03. The molecule has 0 radical (unpaired) electrons. The summed E-state index contributed by atoms with van der Waals surface area (Å²) in [6, 6.07) is 0.439. The fourth-order valence-corrected chi connectivity index (χ4v) is 3.03. The van der Waals surface area contributed by atoms with Gasteiger partial charge in [-0.25, -0.2) is 0 Å². The Bertz CT molecular complexity index is 309. The minimum atomic E-state index is 0.0634. The average Bonchev–Trinajstić information content (AvgIpc) is 2.38. The van der Waals surface area contributed by atoms with E-state index in [1.54, 1.807) is 0 Å². The summed E-state index contributed by atoms with van der Waals surface area (Å²) in [7, 11) is 3.97. The van der Waals surface area contributed by atoms with Gasteiger partial charge in [0.25, 0.3) is 0 Å². The Balaban J connectivity index is 2.41. The van der Waals surface area contributed by atoms with Crippen molar-refractivity contribution in [3.8, 4) is 0 Å². The minimum absolute atomic E-state index is 0.0634. The molecule has 1 amide bonds. The molecular weight excluding hydrogens is 250 g/mol. The monoisotopic (exact) mass is 283 g/mol. The predicted octanol–water partition coefficient (Wildman–Crippen LogP) is 1.94. The van der Waals surface area contributed by atoms with Crippen molar-refractivity contribution in [3.05, 3.63) is 0 Å². The zero-order chi connectivity index (χ0) is 15.3. The van der Waals surface area contributed by atoms with Gasteiger partial charge < -0.3 is 10.6 Å². The van der Waals surface area contributed by atoms with Crippen LogP contribution in [0.25, 0.3) is 0 Å². The Kier molecular flexibility index (Phi) is 6.46. The second kappa shape index (κ2) is 7.41. The van der Waals surface area contributed by atoms with Crippen LogP contribution in [-0.4, -0.2) is 55.5 Å². The maximum atomic E-state index is 12.4. The molecule has 0 aliphatic heterocycles. The molecule has 0 atom stereocenters. The maximum Gasteiger partial charge on any atom is 0.236 e. The minimum Gasteiger partial charge on any atom is -0.342 e. The largest absolute Gasteiger partial charge is 0.342 e. The molecule has 2 N–H and O–H groups in total. The molecule has 1 aliphatic rings. The van der Waals surface area contributed by atoms with Crippen molar-refractivity contribution in [1.82, 2.24) is 9.80 Å². The molecule has 4 nitrogen and oxygen atoms in total. The van der Waals surface area contributed by atoms with Crippen LogP contribution in [0.4, 0.5) is 0 Å². The summed E-state index contributed by atoms with van der Waals surface area (Å²) in [5, 5.41) is 0. The van der Waals surface area contributed by atoms with E-state index in [4.69, 9.17) is 5.73 Å². The SMILES string of the molecule is CC1CCC(N(C)C(=O)CN(C)CC(C)(C)CN)CC1. The van der Waals surface area contributed by atoms with Crippen molar-refractivity contribution in [2.45, 2.75) is 52.5 Å². The highest BCUT2D eigenvalue weighted by molar-refractivity contribution is 5.78. The molecule has 0 heterocycles. The molecule has 0 spiro atoms. The predicted molar refractivity (Wildman–Crippen MR) is 84.5 cm³/mol. The van der Waals surface area contributed by atoms with E-state index in [1.165, 1.54) is 12.8 Å². The van der Waals surface area contributed by atoms with E-state index in [0.717, 1.165) is 25.3 Å². The summed E-state index contributed by atoms with van der Waals surface area (Å²) in [6.45, 7) is 8.57. The summed E-state index contributed by atoms with van der Waals surface area (Å²) in [6.07, 6.45) is 4.81. The average molecular weight is 283 g/mol. The van der Waals surface area contributed by atoms with Gasteiger partial charge in [0.15, 0.2) is 0 Å². The summed E-state index contributed by atoms with van der Waals surface area (Å²) < 4.78 is 0. The van der Waals surface area contributed by atoms with Gasteiger partial charge in [-0.15, -0.1) is 0 Å². The Hall–Kier alpha value is -0.610. The first-order valence-corrected chi connectivity index (χ1v) is 7.89. The van der Waals surface area contributed by atoms with Crippen LogP contribution in [0.5, 0.6) is 0 Å². The molecule has 1 saturated carbocycles. The van der Waals surface area contributed by atoms with E-state index >= 15 is 0 Å². The number of rotatable bonds is 6. The van der Waals surface area contributed by atoms with Crippen molar-refractivity contribution in [1.29, 1.82) is 0 Å². The highest BCUT2D eigenvalue weighted by Gasteiger charge is 2.26. The van der Waals surface area contributed by atoms with Crippen LogP contribution < -0.4 is 5.73 Å². The van der Waals surface area contributed by atoms with Crippen molar-refractivity contribution in [2.75, 3.05) is 33.7 Å². The number of nitrogens with zero attached hydrogens (tertiary/aromatic N) is 2. The molecule has 1 rings (SSSR count). The van der Waals surface area contributed by atoms with Gasteiger partial charge >= 0.3 is 0 Å². The Morgan fingerprint density at radius 1 is 1.20 bits per heavy atom. The van der Waals surface area contributed by atoms with Crippen LogP contribution in [0.1, 0.15) is 46.5 Å². The van der Waals surface area contributed by atoms with Gasteiger partial charge in [-0.3, -0.25) is 9.69 Å². The van der Waals surface area contributed by atoms with Crippen molar-refractivity contribution in [2.24, 2.45) is 17.1 Å². The highest BCUT2D eigenvalue weighted by atomic mass is 16.2. The molecule has 4 heteroatoms. The van der Waals surface area contributed by atoms with E-state index in [1.807, 2.05) is 19.0 Å². The van der Waals surface area contributed by atoms with E-state index in [2.05, 4.69) is 25.7 Å². The Morgan fingerprint density at radius 2 is 1.75 bits per heavy atom. The third-order valence-electron chi connectivity index (χ3n) is 4.58. The van der Waals surface area contributed by atoms with Gasteiger partial charge in [0.1, 0.15) is 0 Å². The second-order valence-corrected chi connectivity index (χ2v) is 7.46. The Labute approximate surface area is 124 Å². The zero-order valence-corrected chi connectivity index (χ0v) is 14.0. The lowest BCUT2D eigenvalue weighted by Gasteiger charge is -2.35. The number of amides is 1. The number of likely N-dealkylation sites (N-methyl/N-ethyl adjacent to an activating group) is 2. The molecule has 0 saturated heterocycles. The van der Waals surface area contributed by atoms with Gasteiger partial charge in [-0.1, -0.05) is 20.8 Å². The number of hydrogen-bond acceptors (Lipinski definition) is 3. The third kappa shape index (κ3) is 5.41. The van der Waals surface area contributed by atoms with Crippen LogP contribution in [0.2, 0.25) is 0 Å². The maximum absolute atomic E-state index is 12.4. The standard InChI is InChI=1S/C16H33N3O/c1-13-6-8-14(9-7-13)19(5)15(20)10-18(4)12-16(2,3)11-17/h13-14H,6-12,17H2,1-5H3. The summed E-state index contributed by atoms with van der Waals surface area (Å²) in [5.41, 5.74) is 5.82. The van der Waals surface area contributed by atoms with Crippen LogP contribution in [0.15, 0.2) is 0 Å². The van der Waals surface area contributed by atoms with Crippen LogP contribution in [-0.2, 0) is 4.79 Å². The molecule has 20 heavy (non-hydrogen) atoms. The normalized spacial score (nSPS) is 23.9. The Morgan fingerprint density at radius 3 is 2.25 bits per heavy atom. The fraction of sp³-hybridized carbons (Fsp3) is 0.938. The number of hydrogen-bond donors (Lipinski definition) is 1. The van der Waals surface area contributed by atoms with Crippen molar-refractivity contribution in [3.63, 3.8) is 0 Å². The quantitative estimate of drug-likeness (QED) is 0.810. The zero-order valence-electron chi connectivity index (χ0n) is 14.0. The van der Waals surface area contributed by atoms with E-state index < -0.39 is 0 Å². The van der Waals surface area contributed by atoms with Crippen LogP contribution in [0, 0.1) is 11.3 Å². The topological polar surface area (TPSA) is 49.6 Å². The molecule has 0 aromatic rings. The third-order valence-corrected chi connectivity index (χ3v) is 4.58. The molecule has 0 bridgehead atoms. The number of carbonyl (C=O) groups is 1. The molecule has 0 aromatic heterocycles. The van der Waals surface area contributed by atoms with Gasteiger partial charge in [-0.2, -0.15) is 0 Å². The molecule has 0 unspecified atom stereocenters. The van der Waals surface area contributed by atoms with Crippen LogP contribution >= 0.6 is 0 Å². The molecule has 118 valence electrons. The molecule has 1 fully saturated rings. The van der Waals surface area contributed by atoms with Crippen molar-refractivity contribution >= 4 is 5.91 Å². The summed E-state index contributed by atoms with van der Waals surface area (Å²) >= 11 is 0. The van der Waals surface area contributed by atoms with E-state index in [0.29, 0.717) is 19.1 Å². The second-order valence-electron chi connectivity index (χ2n) is 7.46. The smallest absolute Gasteiger partial charge is 0.236 e. The highest BCUT2D eigenvalue weighted by Crippen LogP contribution is 2.26. The first-order valence-electron chi connectivity index (χ1n) is 7.89. The summed E-state index contributed by atoms with van der Waals surface area (Å²) in [4.78, 5) is 16.4. The number of carbonyl (C=O) groups excluding carboxylic acids is 1. The lowest BCUT2D eigenvalue weighted by Crippen LogP contribution is -2.46. The molecule has 0 aromatic carbocycles. The van der Waals surface area contributed by atoms with Gasteiger partial charge in [-0.05, 0) is 50.6 Å². The van der Waals surface area contributed by atoms with Gasteiger partial charge in [0, 0.05) is 19.6 Å². The van der Waals surface area contributed by atoms with Crippen molar-refractivity contribution < 1.29 is 4.79 Å².